The van der Waals surface area contributed by atoms with Crippen LogP contribution >= 0.6 is 0 Å². The van der Waals surface area contributed by atoms with E-state index in [4.69, 9.17) is 13.9 Å². The van der Waals surface area contributed by atoms with E-state index in [0.717, 1.165) is 0 Å². The quantitative estimate of drug-likeness (QED) is 0.654. The molecule has 1 heterocycles. The van der Waals surface area contributed by atoms with Gasteiger partial charge in [-0.25, -0.2) is 0 Å². The number of hydrogen-bond donors (Lipinski definition) is 3. The molecule has 0 aromatic heterocycles. The molecule has 1 aliphatic rings. The van der Waals surface area contributed by atoms with Gasteiger partial charge < -0.3 is 29.2 Å². The minimum Gasteiger partial charge on any atom is -0.414 e. The molecule has 5 atom stereocenters. The van der Waals surface area contributed by atoms with E-state index in [9.17, 15) is 15.3 Å². The third kappa shape index (κ3) is 3.79. The molecule has 3 N–H and O–H groups in total. The Bertz CT molecular complexity index is 314. The van der Waals surface area contributed by atoms with Crippen molar-refractivity contribution in [2.45, 2.75) is 69.6 Å². The molecular weight excluding hydrogens is 280 g/mol. The van der Waals surface area contributed by atoms with E-state index >= 15 is 0 Å². The Morgan fingerprint density at radius 1 is 1.05 bits per heavy atom. The summed E-state index contributed by atoms with van der Waals surface area (Å²) in [4.78, 5) is 0. The first kappa shape index (κ1) is 18.0. The van der Waals surface area contributed by atoms with Gasteiger partial charge in [0.15, 0.2) is 14.6 Å². The zero-order chi connectivity index (χ0) is 15.7. The maximum Gasteiger partial charge on any atom is 0.192 e. The lowest BCUT2D eigenvalue weighted by Crippen LogP contribution is -2.60. The molecule has 0 saturated carbocycles. The first-order valence-corrected chi connectivity index (χ1v) is 9.78. The summed E-state index contributed by atoms with van der Waals surface area (Å²) in [6.45, 7) is 10.7. The van der Waals surface area contributed by atoms with E-state index in [1.54, 1.807) is 0 Å². The highest BCUT2D eigenvalue weighted by molar-refractivity contribution is 6.74. The van der Waals surface area contributed by atoms with Crippen molar-refractivity contribution in [1.29, 1.82) is 0 Å². The van der Waals surface area contributed by atoms with Crippen LogP contribution in [-0.2, 0) is 13.9 Å². The van der Waals surface area contributed by atoms with Gasteiger partial charge in [0.1, 0.15) is 24.4 Å². The van der Waals surface area contributed by atoms with Gasteiger partial charge in [0, 0.05) is 7.11 Å². The maximum atomic E-state index is 9.97. The molecule has 0 spiro atoms. The highest BCUT2D eigenvalue weighted by atomic mass is 28.4. The molecule has 0 aromatic carbocycles. The van der Waals surface area contributed by atoms with Gasteiger partial charge in [0.05, 0.1) is 6.61 Å². The Balaban J connectivity index is 2.68. The standard InChI is InChI=1S/C13H28O6Si/c1-13(2,3)20(5,6)18-7-8-9(14)10(15)11(16)12(17-4)19-8/h8-12,14-16H,7H2,1-6H3/t8?,9-,10?,11?,12+/m1/s1. The smallest absolute Gasteiger partial charge is 0.192 e. The molecule has 1 fully saturated rings. The van der Waals surface area contributed by atoms with E-state index in [-0.39, 0.29) is 11.6 Å². The third-order valence-corrected chi connectivity index (χ3v) is 8.82. The second kappa shape index (κ2) is 6.39. The molecular formula is C13H28O6Si. The lowest BCUT2D eigenvalue weighted by molar-refractivity contribution is -0.293. The average Bonchev–Trinajstić information content (AvgIpc) is 2.34. The summed E-state index contributed by atoms with van der Waals surface area (Å²) in [6, 6.07) is 0. The molecule has 1 saturated heterocycles. The van der Waals surface area contributed by atoms with Crippen molar-refractivity contribution in [3.05, 3.63) is 0 Å². The lowest BCUT2D eigenvalue weighted by atomic mass is 9.99. The Labute approximate surface area is 121 Å². The van der Waals surface area contributed by atoms with Crippen LogP contribution in [0, 0.1) is 0 Å². The van der Waals surface area contributed by atoms with Gasteiger partial charge in [-0.05, 0) is 18.1 Å². The molecule has 7 heteroatoms. The number of ether oxygens (including phenoxy) is 2. The van der Waals surface area contributed by atoms with Crippen molar-refractivity contribution in [1.82, 2.24) is 0 Å². The number of aliphatic hydroxyl groups excluding tert-OH is 3. The van der Waals surface area contributed by atoms with Crippen LogP contribution in [0.1, 0.15) is 20.8 Å². The van der Waals surface area contributed by atoms with E-state index in [1.807, 2.05) is 0 Å². The summed E-state index contributed by atoms with van der Waals surface area (Å²) < 4.78 is 16.4. The molecule has 0 aliphatic carbocycles. The number of methoxy groups -OCH3 is 1. The SMILES string of the molecule is CO[C@H]1OC(CO[Si](C)(C)C(C)(C)C)[C@@H](O)C(O)C1O. The van der Waals surface area contributed by atoms with Crippen LogP contribution in [0.25, 0.3) is 0 Å². The second-order valence-corrected chi connectivity index (χ2v) is 11.6. The fourth-order valence-electron chi connectivity index (χ4n) is 1.76. The molecule has 6 nitrogen and oxygen atoms in total. The van der Waals surface area contributed by atoms with Crippen LogP contribution < -0.4 is 0 Å². The Hall–Kier alpha value is -0.0231. The van der Waals surface area contributed by atoms with Gasteiger partial charge in [-0.3, -0.25) is 0 Å². The van der Waals surface area contributed by atoms with Crippen LogP contribution in [0.5, 0.6) is 0 Å². The van der Waals surface area contributed by atoms with Gasteiger partial charge in [-0.2, -0.15) is 0 Å². The fourth-order valence-corrected chi connectivity index (χ4v) is 2.77. The first-order chi connectivity index (χ1) is 9.01. The normalized spacial score (nSPS) is 36.1. The summed E-state index contributed by atoms with van der Waals surface area (Å²) >= 11 is 0. The minimum atomic E-state index is -1.97. The molecule has 20 heavy (non-hydrogen) atoms. The topological polar surface area (TPSA) is 88.4 Å². The first-order valence-electron chi connectivity index (χ1n) is 6.87. The van der Waals surface area contributed by atoms with Gasteiger partial charge >= 0.3 is 0 Å². The fraction of sp³-hybridized carbons (Fsp3) is 1.00. The third-order valence-electron chi connectivity index (χ3n) is 4.32. The highest BCUT2D eigenvalue weighted by Crippen LogP contribution is 2.37. The zero-order valence-corrected chi connectivity index (χ0v) is 14.2. The van der Waals surface area contributed by atoms with Gasteiger partial charge in [-0.15, -0.1) is 0 Å². The highest BCUT2D eigenvalue weighted by Gasteiger charge is 2.45. The monoisotopic (exact) mass is 308 g/mol. The van der Waals surface area contributed by atoms with Crippen LogP contribution in [-0.4, -0.2) is 68.1 Å². The summed E-state index contributed by atoms with van der Waals surface area (Å²) in [5, 5.41) is 29.5. The van der Waals surface area contributed by atoms with Crippen molar-refractivity contribution in [2.24, 2.45) is 0 Å². The predicted octanol–water partition coefficient (Wildman–Crippen LogP) is 0.462. The minimum absolute atomic E-state index is 0.0470. The Morgan fingerprint density at radius 2 is 1.60 bits per heavy atom. The summed E-state index contributed by atoms with van der Waals surface area (Å²) in [5.41, 5.74) is 0. The number of rotatable bonds is 4. The lowest BCUT2D eigenvalue weighted by Gasteiger charge is -2.42. The molecule has 120 valence electrons. The molecule has 1 rings (SSSR count). The van der Waals surface area contributed by atoms with Crippen molar-refractivity contribution in [2.75, 3.05) is 13.7 Å². The van der Waals surface area contributed by atoms with Crippen molar-refractivity contribution < 1.29 is 29.2 Å². The zero-order valence-electron chi connectivity index (χ0n) is 13.2. The van der Waals surface area contributed by atoms with E-state index in [1.165, 1.54) is 7.11 Å². The van der Waals surface area contributed by atoms with Gasteiger partial charge in [0.2, 0.25) is 0 Å². The van der Waals surface area contributed by atoms with Crippen molar-refractivity contribution in [3.63, 3.8) is 0 Å². The van der Waals surface area contributed by atoms with E-state index < -0.39 is 39.0 Å². The summed E-state index contributed by atoms with van der Waals surface area (Å²) in [5.74, 6) is 0. The molecule has 0 aromatic rings. The second-order valence-electron chi connectivity index (χ2n) is 6.82. The van der Waals surface area contributed by atoms with Crippen LogP contribution in [0.3, 0.4) is 0 Å². The van der Waals surface area contributed by atoms with Gasteiger partial charge in [-0.1, -0.05) is 20.8 Å². The van der Waals surface area contributed by atoms with Crippen molar-refractivity contribution in [3.8, 4) is 0 Å². The van der Waals surface area contributed by atoms with Crippen LogP contribution in [0.2, 0.25) is 18.1 Å². The van der Waals surface area contributed by atoms with Crippen LogP contribution in [0.15, 0.2) is 0 Å². The molecule has 0 bridgehead atoms. The maximum absolute atomic E-state index is 9.97. The average molecular weight is 308 g/mol. The number of hydrogen-bond acceptors (Lipinski definition) is 6. The molecule has 0 radical (unpaired) electrons. The van der Waals surface area contributed by atoms with Gasteiger partial charge in [0.25, 0.3) is 0 Å². The predicted molar refractivity (Wildman–Crippen MR) is 76.8 cm³/mol. The summed E-state index contributed by atoms with van der Waals surface area (Å²) in [7, 11) is -0.587. The van der Waals surface area contributed by atoms with Crippen molar-refractivity contribution >= 4 is 8.32 Å². The van der Waals surface area contributed by atoms with E-state index in [0.29, 0.717) is 0 Å². The molecule has 3 unspecified atom stereocenters. The Kier molecular flexibility index (Phi) is 5.76. The largest absolute Gasteiger partial charge is 0.414 e. The van der Waals surface area contributed by atoms with E-state index in [2.05, 4.69) is 33.9 Å². The Morgan fingerprint density at radius 3 is 2.05 bits per heavy atom. The molecule has 1 aliphatic heterocycles. The summed E-state index contributed by atoms with van der Waals surface area (Å²) in [6.07, 6.45) is -5.43. The number of aliphatic hydroxyl groups is 3. The van der Waals surface area contributed by atoms with Crippen LogP contribution in [0.4, 0.5) is 0 Å². The molecule has 0 amide bonds.